The van der Waals surface area contributed by atoms with Crippen LogP contribution in [0.15, 0.2) is 24.3 Å². The van der Waals surface area contributed by atoms with Crippen molar-refractivity contribution in [2.45, 2.75) is 31.6 Å². The third kappa shape index (κ3) is 2.23. The zero-order chi connectivity index (χ0) is 11.5. The number of halogens is 1. The van der Waals surface area contributed by atoms with E-state index in [4.69, 9.17) is 5.11 Å². The minimum absolute atomic E-state index is 0.321. The van der Waals surface area contributed by atoms with Crippen LogP contribution < -0.4 is 0 Å². The van der Waals surface area contributed by atoms with Crippen LogP contribution in [0.2, 0.25) is 0 Å². The summed E-state index contributed by atoms with van der Waals surface area (Å²) in [6.07, 6.45) is 3.90. The van der Waals surface area contributed by atoms with E-state index in [0.717, 1.165) is 12.8 Å². The molecule has 0 saturated heterocycles. The van der Waals surface area contributed by atoms with E-state index in [1.165, 1.54) is 12.5 Å². The van der Waals surface area contributed by atoms with Crippen molar-refractivity contribution in [2.24, 2.45) is 5.92 Å². The molecule has 0 amide bonds. The zero-order valence-corrected chi connectivity index (χ0v) is 9.03. The molecule has 1 unspecified atom stereocenters. The van der Waals surface area contributed by atoms with Gasteiger partial charge in [-0.25, -0.2) is 4.39 Å². The number of carboxylic acid groups (broad SMARTS) is 1. The first kappa shape index (κ1) is 11.1. The van der Waals surface area contributed by atoms with E-state index in [1.54, 1.807) is 18.2 Å². The highest BCUT2D eigenvalue weighted by Crippen LogP contribution is 2.36. The summed E-state index contributed by atoms with van der Waals surface area (Å²) in [5.74, 6) is -1.56. The molecule has 1 fully saturated rings. The lowest BCUT2D eigenvalue weighted by molar-refractivity contribution is -0.139. The summed E-state index contributed by atoms with van der Waals surface area (Å²) in [5, 5.41) is 9.15. The van der Waals surface area contributed by atoms with Gasteiger partial charge in [-0.05, 0) is 18.4 Å². The Hall–Kier alpha value is -1.38. The predicted molar refractivity (Wildman–Crippen MR) is 58.7 cm³/mol. The highest BCUT2D eigenvalue weighted by molar-refractivity contribution is 5.76. The lowest BCUT2D eigenvalue weighted by Crippen LogP contribution is -2.21. The van der Waals surface area contributed by atoms with Crippen molar-refractivity contribution in [3.63, 3.8) is 0 Å². The molecule has 16 heavy (non-hydrogen) atoms. The number of benzene rings is 1. The molecule has 1 atom stereocenters. The molecule has 2 rings (SSSR count). The number of aliphatic carboxylic acids is 1. The van der Waals surface area contributed by atoms with Crippen LogP contribution in [0.4, 0.5) is 4.39 Å². The van der Waals surface area contributed by atoms with E-state index in [1.807, 2.05) is 0 Å². The van der Waals surface area contributed by atoms with Gasteiger partial charge in [0.2, 0.25) is 0 Å². The summed E-state index contributed by atoms with van der Waals surface area (Å²) in [6, 6.07) is 6.18. The fourth-order valence-corrected chi connectivity index (χ4v) is 2.18. The molecule has 0 aliphatic heterocycles. The molecular weight excluding hydrogens is 207 g/mol. The van der Waals surface area contributed by atoms with E-state index >= 15 is 0 Å². The lowest BCUT2D eigenvalue weighted by atomic mass is 9.77. The summed E-state index contributed by atoms with van der Waals surface area (Å²) in [4.78, 5) is 11.2. The Bertz CT molecular complexity index is 385. The monoisotopic (exact) mass is 222 g/mol. The first-order valence-electron chi connectivity index (χ1n) is 5.65. The van der Waals surface area contributed by atoms with Crippen LogP contribution in [0, 0.1) is 11.7 Å². The van der Waals surface area contributed by atoms with E-state index in [2.05, 4.69) is 0 Å². The van der Waals surface area contributed by atoms with Crippen LogP contribution in [0.1, 0.15) is 37.2 Å². The molecule has 1 aromatic rings. The van der Waals surface area contributed by atoms with Crippen molar-refractivity contribution < 1.29 is 14.3 Å². The summed E-state index contributed by atoms with van der Waals surface area (Å²) >= 11 is 0. The highest BCUT2D eigenvalue weighted by atomic mass is 19.1. The van der Waals surface area contributed by atoms with E-state index in [0.29, 0.717) is 17.9 Å². The predicted octanol–water partition coefficient (Wildman–Crippen LogP) is 3.18. The molecule has 2 nitrogen and oxygen atoms in total. The maximum atomic E-state index is 13.5. The van der Waals surface area contributed by atoms with Gasteiger partial charge in [-0.2, -0.15) is 0 Å². The molecule has 1 aliphatic carbocycles. The maximum absolute atomic E-state index is 13.5. The molecule has 0 spiro atoms. The summed E-state index contributed by atoms with van der Waals surface area (Å²) in [5.41, 5.74) is 0.321. The first-order valence-corrected chi connectivity index (χ1v) is 5.65. The second-order valence-corrected chi connectivity index (χ2v) is 4.44. The van der Waals surface area contributed by atoms with Gasteiger partial charge < -0.3 is 5.11 Å². The molecular formula is C13H15FO2. The van der Waals surface area contributed by atoms with Crippen LogP contribution >= 0.6 is 0 Å². The molecule has 0 bridgehead atoms. The van der Waals surface area contributed by atoms with Gasteiger partial charge in [0, 0.05) is 5.56 Å². The van der Waals surface area contributed by atoms with Crippen LogP contribution in [0.5, 0.6) is 0 Å². The fourth-order valence-electron chi connectivity index (χ4n) is 2.18. The van der Waals surface area contributed by atoms with Gasteiger partial charge in [0.1, 0.15) is 5.82 Å². The molecule has 1 aromatic carbocycles. The van der Waals surface area contributed by atoms with Gasteiger partial charge in [0.05, 0.1) is 5.92 Å². The van der Waals surface area contributed by atoms with Crippen molar-refractivity contribution in [3.05, 3.63) is 35.6 Å². The Morgan fingerprint density at radius 1 is 1.44 bits per heavy atom. The lowest BCUT2D eigenvalue weighted by Gasteiger charge is -2.28. The smallest absolute Gasteiger partial charge is 0.311 e. The average molecular weight is 222 g/mol. The summed E-state index contributed by atoms with van der Waals surface area (Å²) in [7, 11) is 0. The second kappa shape index (κ2) is 4.64. The number of hydrogen-bond donors (Lipinski definition) is 1. The van der Waals surface area contributed by atoms with Crippen molar-refractivity contribution in [3.8, 4) is 0 Å². The molecule has 0 radical (unpaired) electrons. The number of carboxylic acids is 1. The van der Waals surface area contributed by atoms with Gasteiger partial charge in [0.15, 0.2) is 0 Å². The molecule has 86 valence electrons. The molecule has 1 aliphatic rings. The topological polar surface area (TPSA) is 37.3 Å². The van der Waals surface area contributed by atoms with E-state index < -0.39 is 17.7 Å². The Balaban J connectivity index is 2.18. The highest BCUT2D eigenvalue weighted by Gasteiger charge is 2.29. The van der Waals surface area contributed by atoms with Gasteiger partial charge in [-0.1, -0.05) is 37.5 Å². The Kier molecular flexibility index (Phi) is 3.22. The maximum Gasteiger partial charge on any atom is 0.311 e. The second-order valence-electron chi connectivity index (χ2n) is 4.44. The molecule has 3 heteroatoms. The number of carbonyl (C=O) groups is 1. The number of hydrogen-bond acceptors (Lipinski definition) is 1. The summed E-state index contributed by atoms with van der Waals surface area (Å²) < 4.78 is 13.5. The van der Waals surface area contributed by atoms with Gasteiger partial charge in [-0.15, -0.1) is 0 Å². The Morgan fingerprint density at radius 2 is 2.12 bits per heavy atom. The van der Waals surface area contributed by atoms with Gasteiger partial charge >= 0.3 is 5.97 Å². The Labute approximate surface area is 94.1 Å². The van der Waals surface area contributed by atoms with Crippen LogP contribution in [-0.4, -0.2) is 11.1 Å². The van der Waals surface area contributed by atoms with Crippen LogP contribution in [0.25, 0.3) is 0 Å². The van der Waals surface area contributed by atoms with Crippen molar-refractivity contribution in [1.82, 2.24) is 0 Å². The van der Waals surface area contributed by atoms with Gasteiger partial charge in [0.25, 0.3) is 0 Å². The van der Waals surface area contributed by atoms with Crippen LogP contribution in [0.3, 0.4) is 0 Å². The minimum Gasteiger partial charge on any atom is -0.481 e. The molecule has 1 N–H and O–H groups in total. The van der Waals surface area contributed by atoms with Gasteiger partial charge in [-0.3, -0.25) is 4.79 Å². The SMILES string of the molecule is O=C(O)C(CC1CCC1)c1ccccc1F. The third-order valence-corrected chi connectivity index (χ3v) is 3.37. The summed E-state index contributed by atoms with van der Waals surface area (Å²) in [6.45, 7) is 0. The quantitative estimate of drug-likeness (QED) is 0.849. The third-order valence-electron chi connectivity index (χ3n) is 3.37. The molecule has 1 saturated carbocycles. The largest absolute Gasteiger partial charge is 0.481 e. The van der Waals surface area contributed by atoms with Crippen molar-refractivity contribution in [2.75, 3.05) is 0 Å². The normalized spacial score (nSPS) is 17.8. The minimum atomic E-state index is -0.919. The standard InChI is InChI=1S/C13H15FO2/c14-12-7-2-1-6-10(12)11(13(15)16)8-9-4-3-5-9/h1-2,6-7,9,11H,3-5,8H2,(H,15,16). The fraction of sp³-hybridized carbons (Fsp3) is 0.462. The Morgan fingerprint density at radius 3 is 2.62 bits per heavy atom. The first-order chi connectivity index (χ1) is 7.68. The van der Waals surface area contributed by atoms with Crippen LogP contribution in [-0.2, 0) is 4.79 Å². The van der Waals surface area contributed by atoms with E-state index in [-0.39, 0.29) is 0 Å². The van der Waals surface area contributed by atoms with Crippen molar-refractivity contribution >= 4 is 5.97 Å². The van der Waals surface area contributed by atoms with Crippen molar-refractivity contribution in [1.29, 1.82) is 0 Å². The molecule has 0 heterocycles. The van der Waals surface area contributed by atoms with E-state index in [9.17, 15) is 9.18 Å². The zero-order valence-electron chi connectivity index (χ0n) is 9.03. The average Bonchev–Trinajstić information content (AvgIpc) is 2.18. The molecule has 0 aromatic heterocycles. The number of rotatable bonds is 4.